The van der Waals surface area contributed by atoms with E-state index in [1.807, 2.05) is 6.07 Å². The first kappa shape index (κ1) is 26.0. The van der Waals surface area contributed by atoms with Gasteiger partial charge < -0.3 is 9.29 Å². The largest absolute Gasteiger partial charge is 0.744 e. The lowest BCUT2D eigenvalue weighted by atomic mass is 9.74. The van der Waals surface area contributed by atoms with Gasteiger partial charge >= 0.3 is 5.97 Å². The topological polar surface area (TPSA) is 83.5 Å². The molecular formula is C33H33O5S-. The molecule has 4 aromatic carbocycles. The second-order valence-electron chi connectivity index (χ2n) is 11.1. The highest BCUT2D eigenvalue weighted by Crippen LogP contribution is 2.44. The van der Waals surface area contributed by atoms with Gasteiger partial charge in [-0.1, -0.05) is 87.1 Å². The number of carbonyl (C=O) groups is 1. The molecular weight excluding hydrogens is 508 g/mol. The van der Waals surface area contributed by atoms with Crippen molar-refractivity contribution in [3.63, 3.8) is 0 Å². The molecule has 0 aromatic heterocycles. The zero-order chi connectivity index (χ0) is 27.0. The lowest BCUT2D eigenvalue weighted by molar-refractivity contribution is 0.0733. The Labute approximate surface area is 229 Å². The summed E-state index contributed by atoms with van der Waals surface area (Å²) in [5, 5.41) is 2.98. The van der Waals surface area contributed by atoms with E-state index in [-0.39, 0.29) is 16.0 Å². The van der Waals surface area contributed by atoms with Crippen LogP contribution in [0, 0.1) is 0 Å². The predicted octanol–water partition coefficient (Wildman–Crippen LogP) is 8.21. The van der Waals surface area contributed by atoms with Gasteiger partial charge in [-0.05, 0) is 77.6 Å². The Morgan fingerprint density at radius 3 is 1.97 bits per heavy atom. The normalized spacial score (nSPS) is 17.5. The van der Waals surface area contributed by atoms with Crippen LogP contribution in [0.4, 0.5) is 0 Å². The lowest BCUT2D eigenvalue weighted by Gasteiger charge is -2.30. The molecule has 0 radical (unpaired) electrons. The molecule has 0 atom stereocenters. The average molecular weight is 542 g/mol. The molecule has 2 aliphatic rings. The van der Waals surface area contributed by atoms with Crippen LogP contribution < -0.4 is 4.74 Å². The van der Waals surface area contributed by atoms with E-state index < -0.39 is 16.1 Å². The number of rotatable bonds is 5. The van der Waals surface area contributed by atoms with Gasteiger partial charge in [0, 0.05) is 10.8 Å². The second-order valence-corrected chi connectivity index (χ2v) is 12.4. The molecule has 0 N–H and O–H groups in total. The van der Waals surface area contributed by atoms with Crippen molar-refractivity contribution >= 4 is 37.6 Å². The number of hydrogen-bond donors (Lipinski definition) is 0. The first-order valence-electron chi connectivity index (χ1n) is 14.2. The molecule has 0 saturated heterocycles. The summed E-state index contributed by atoms with van der Waals surface area (Å²) in [6.07, 6.45) is 11.3. The van der Waals surface area contributed by atoms with Gasteiger partial charge in [0.2, 0.25) is 0 Å². The highest BCUT2D eigenvalue weighted by molar-refractivity contribution is 7.86. The smallest absolute Gasteiger partial charge is 0.344 e. The molecule has 6 heteroatoms. The summed E-state index contributed by atoms with van der Waals surface area (Å²) < 4.78 is 41.9. The quantitative estimate of drug-likeness (QED) is 0.144. The van der Waals surface area contributed by atoms with Crippen molar-refractivity contribution in [3.8, 4) is 5.75 Å². The number of benzene rings is 4. The number of ether oxygens (including phenoxy) is 1. The molecule has 0 bridgehead atoms. The van der Waals surface area contributed by atoms with Crippen LogP contribution in [-0.2, 0) is 10.1 Å². The maximum absolute atomic E-state index is 14.3. The van der Waals surface area contributed by atoms with Crippen LogP contribution in [0.3, 0.4) is 0 Å². The molecule has 0 aliphatic heterocycles. The first-order valence-corrected chi connectivity index (χ1v) is 15.6. The van der Waals surface area contributed by atoms with Crippen LogP contribution in [0.25, 0.3) is 21.5 Å². The average Bonchev–Trinajstić information content (AvgIpc) is 2.96. The van der Waals surface area contributed by atoms with Crippen LogP contribution in [0.1, 0.15) is 97.5 Å². The highest BCUT2D eigenvalue weighted by atomic mass is 32.2. The minimum absolute atomic E-state index is 0.260. The summed E-state index contributed by atoms with van der Waals surface area (Å²) in [5.74, 6) is 0.461. The van der Waals surface area contributed by atoms with Crippen molar-refractivity contribution in [2.75, 3.05) is 0 Å². The maximum Gasteiger partial charge on any atom is 0.344 e. The van der Waals surface area contributed by atoms with Gasteiger partial charge in [0.25, 0.3) is 0 Å². The fourth-order valence-electron chi connectivity index (χ4n) is 6.88. The number of hydrogen-bond acceptors (Lipinski definition) is 5. The van der Waals surface area contributed by atoms with Crippen LogP contribution in [0.5, 0.6) is 5.75 Å². The Kier molecular flexibility index (Phi) is 7.17. The fourth-order valence-corrected chi connectivity index (χ4v) is 7.56. The van der Waals surface area contributed by atoms with E-state index in [0.717, 1.165) is 67.9 Å². The zero-order valence-corrected chi connectivity index (χ0v) is 22.8. The van der Waals surface area contributed by atoms with Gasteiger partial charge in [0.05, 0.1) is 10.5 Å². The summed E-state index contributed by atoms with van der Waals surface area (Å²) >= 11 is 0. The summed E-state index contributed by atoms with van der Waals surface area (Å²) in [5.41, 5.74) is 2.89. The van der Waals surface area contributed by atoms with Crippen LogP contribution in [0.2, 0.25) is 0 Å². The summed E-state index contributed by atoms with van der Waals surface area (Å²) in [4.78, 5) is 14.0. The SMILES string of the molecule is O=C(Oc1ccc(S(=O)(=O)[O-])c2ccccc12)c1c(C2CCCCC2)cc2ccccc2c1C1CCCCC1. The molecule has 0 amide bonds. The molecule has 6 rings (SSSR count). The Hall–Kier alpha value is -3.22. The van der Waals surface area contributed by atoms with E-state index in [1.54, 1.807) is 24.3 Å². The van der Waals surface area contributed by atoms with Gasteiger partial charge in [-0.3, -0.25) is 0 Å². The summed E-state index contributed by atoms with van der Waals surface area (Å²) in [6, 6.07) is 20.0. The van der Waals surface area contributed by atoms with E-state index in [2.05, 4.69) is 24.3 Å². The Morgan fingerprint density at radius 2 is 1.31 bits per heavy atom. The van der Waals surface area contributed by atoms with Crippen molar-refractivity contribution in [2.24, 2.45) is 0 Å². The van der Waals surface area contributed by atoms with Gasteiger partial charge in [0.15, 0.2) is 0 Å². The van der Waals surface area contributed by atoms with Crippen molar-refractivity contribution < 1.29 is 22.5 Å². The summed E-state index contributed by atoms with van der Waals surface area (Å²) in [7, 11) is -4.68. The van der Waals surface area contributed by atoms with Crippen LogP contribution in [-0.4, -0.2) is 18.9 Å². The third-order valence-electron chi connectivity index (χ3n) is 8.70. The third kappa shape index (κ3) is 5.08. The first-order chi connectivity index (χ1) is 18.9. The molecule has 4 aromatic rings. The molecule has 0 unspecified atom stereocenters. The standard InChI is InChI=1S/C33H34O5S/c34-33(38-29-19-20-30(39(35,36)37)27-18-10-9-17-26(27)29)32-28(22-11-3-1-4-12-22)21-24-15-7-8-16-25(24)31(32)23-13-5-2-6-14-23/h7-10,15-23H,1-6,11-14H2,(H,35,36,37)/p-1. The van der Waals surface area contributed by atoms with Gasteiger partial charge in [-0.25, -0.2) is 13.2 Å². The van der Waals surface area contributed by atoms with Crippen molar-refractivity contribution in [2.45, 2.75) is 80.9 Å². The molecule has 2 saturated carbocycles. The number of esters is 1. The number of carbonyl (C=O) groups excluding carboxylic acids is 1. The lowest BCUT2D eigenvalue weighted by Crippen LogP contribution is -2.20. The van der Waals surface area contributed by atoms with Crippen molar-refractivity contribution in [1.29, 1.82) is 0 Å². The molecule has 5 nitrogen and oxygen atoms in total. The van der Waals surface area contributed by atoms with Crippen molar-refractivity contribution in [3.05, 3.63) is 83.4 Å². The van der Waals surface area contributed by atoms with E-state index in [1.165, 1.54) is 30.4 Å². The Bertz CT molecular complexity index is 1640. The van der Waals surface area contributed by atoms with Gasteiger partial charge in [0.1, 0.15) is 15.9 Å². The minimum atomic E-state index is -4.68. The van der Waals surface area contributed by atoms with E-state index in [4.69, 9.17) is 4.74 Å². The van der Waals surface area contributed by atoms with E-state index >= 15 is 0 Å². The second kappa shape index (κ2) is 10.7. The fraction of sp³-hybridized carbons (Fsp3) is 0.364. The Morgan fingerprint density at radius 1 is 0.718 bits per heavy atom. The molecule has 2 aliphatic carbocycles. The molecule has 2 fully saturated rings. The number of fused-ring (bicyclic) bond motifs is 2. The van der Waals surface area contributed by atoms with Crippen molar-refractivity contribution in [1.82, 2.24) is 0 Å². The minimum Gasteiger partial charge on any atom is -0.744 e. The van der Waals surface area contributed by atoms with Gasteiger partial charge in [-0.2, -0.15) is 0 Å². The highest BCUT2D eigenvalue weighted by Gasteiger charge is 2.31. The zero-order valence-electron chi connectivity index (χ0n) is 22.0. The predicted molar refractivity (Wildman–Crippen MR) is 152 cm³/mol. The Balaban J connectivity index is 1.53. The third-order valence-corrected chi connectivity index (χ3v) is 9.59. The molecule has 0 spiro atoms. The molecule has 39 heavy (non-hydrogen) atoms. The molecule has 202 valence electrons. The van der Waals surface area contributed by atoms with Gasteiger partial charge in [-0.15, -0.1) is 0 Å². The van der Waals surface area contributed by atoms with E-state index in [9.17, 15) is 17.8 Å². The summed E-state index contributed by atoms with van der Waals surface area (Å²) in [6.45, 7) is 0. The monoisotopic (exact) mass is 541 g/mol. The van der Waals surface area contributed by atoms with Crippen LogP contribution in [0.15, 0.2) is 71.6 Å². The maximum atomic E-state index is 14.3. The molecule has 0 heterocycles. The van der Waals surface area contributed by atoms with E-state index in [0.29, 0.717) is 22.8 Å². The van der Waals surface area contributed by atoms with Crippen LogP contribution >= 0.6 is 0 Å².